The van der Waals surface area contributed by atoms with E-state index in [2.05, 4.69) is 37.6 Å². The second-order valence-corrected chi connectivity index (χ2v) is 5.67. The monoisotopic (exact) mass is 214 g/mol. The summed E-state index contributed by atoms with van der Waals surface area (Å²) in [6, 6.07) is 0.316. The highest BCUT2D eigenvalue weighted by molar-refractivity contribution is 4.86. The van der Waals surface area contributed by atoms with Gasteiger partial charge in [0.1, 0.15) is 0 Å². The van der Waals surface area contributed by atoms with Crippen LogP contribution in [0.3, 0.4) is 0 Å². The van der Waals surface area contributed by atoms with Crippen molar-refractivity contribution < 1.29 is 5.11 Å². The van der Waals surface area contributed by atoms with Gasteiger partial charge in [0.05, 0.1) is 6.61 Å². The van der Waals surface area contributed by atoms with Crippen LogP contribution in [0.5, 0.6) is 0 Å². The molecule has 0 bridgehead atoms. The highest BCUT2D eigenvalue weighted by Gasteiger charge is 2.31. The first-order chi connectivity index (χ1) is 6.98. The van der Waals surface area contributed by atoms with E-state index in [-0.39, 0.29) is 6.61 Å². The molecule has 1 rings (SSSR count). The molecule has 0 spiro atoms. The van der Waals surface area contributed by atoms with Crippen LogP contribution < -0.4 is 0 Å². The summed E-state index contributed by atoms with van der Waals surface area (Å²) in [5, 5.41) is 9.43. The number of hydrogen-bond donors (Lipinski definition) is 1. The van der Waals surface area contributed by atoms with Crippen LogP contribution in [0.15, 0.2) is 0 Å². The zero-order valence-electron chi connectivity index (χ0n) is 10.7. The summed E-state index contributed by atoms with van der Waals surface area (Å²) >= 11 is 0. The average molecular weight is 214 g/mol. The smallest absolute Gasteiger partial charge is 0.0599 e. The fourth-order valence-corrected chi connectivity index (χ4v) is 2.72. The summed E-state index contributed by atoms with van der Waals surface area (Å²) < 4.78 is 0. The van der Waals surface area contributed by atoms with E-state index in [0.717, 1.165) is 32.6 Å². The maximum atomic E-state index is 9.43. The van der Waals surface area contributed by atoms with Crippen LogP contribution in [0.25, 0.3) is 0 Å². The number of aliphatic hydroxyl groups excluding tert-OH is 1. The van der Waals surface area contributed by atoms with Crippen molar-refractivity contribution in [2.45, 2.75) is 33.2 Å². The van der Waals surface area contributed by atoms with Crippen molar-refractivity contribution in [2.75, 3.05) is 39.8 Å². The third-order valence-electron chi connectivity index (χ3n) is 3.09. The normalized spacial score (nSPS) is 29.0. The summed E-state index contributed by atoms with van der Waals surface area (Å²) in [6.07, 6.45) is 1.16. The third kappa shape index (κ3) is 3.74. The Morgan fingerprint density at radius 1 is 1.33 bits per heavy atom. The molecule has 1 N–H and O–H groups in total. The molecule has 1 aliphatic rings. The molecular formula is C12H26N2O. The molecule has 0 aromatic heterocycles. The maximum absolute atomic E-state index is 9.43. The first-order valence-electron chi connectivity index (χ1n) is 6.02. The molecule has 1 saturated heterocycles. The van der Waals surface area contributed by atoms with Crippen LogP contribution in [0, 0.1) is 5.41 Å². The molecule has 1 aliphatic heterocycles. The molecule has 90 valence electrons. The minimum absolute atomic E-state index is 0.278. The zero-order chi connectivity index (χ0) is 11.5. The lowest BCUT2D eigenvalue weighted by Gasteiger charge is -2.32. The Morgan fingerprint density at radius 2 is 2.00 bits per heavy atom. The van der Waals surface area contributed by atoms with E-state index in [1.165, 1.54) is 0 Å². The van der Waals surface area contributed by atoms with Crippen molar-refractivity contribution >= 4 is 0 Å². The summed E-state index contributed by atoms with van der Waals surface area (Å²) in [5.41, 5.74) is 0.327. The largest absolute Gasteiger partial charge is 0.395 e. The van der Waals surface area contributed by atoms with Gasteiger partial charge in [-0.25, -0.2) is 0 Å². The topological polar surface area (TPSA) is 26.7 Å². The molecule has 3 nitrogen and oxygen atoms in total. The lowest BCUT2D eigenvalue weighted by molar-refractivity contribution is 0.104. The van der Waals surface area contributed by atoms with E-state index in [4.69, 9.17) is 0 Å². The van der Waals surface area contributed by atoms with Gasteiger partial charge in [-0.3, -0.25) is 4.90 Å². The third-order valence-corrected chi connectivity index (χ3v) is 3.09. The van der Waals surface area contributed by atoms with Crippen molar-refractivity contribution in [1.82, 2.24) is 9.80 Å². The van der Waals surface area contributed by atoms with E-state index in [9.17, 15) is 5.11 Å². The standard InChI is InChI=1S/C12H26N2O/c1-5-6-14-10-12(2,3)9-13(4)7-11(14)8-15/h11,15H,5-10H2,1-4H3. The van der Waals surface area contributed by atoms with Crippen LogP contribution in [0.2, 0.25) is 0 Å². The van der Waals surface area contributed by atoms with Crippen LogP contribution in [0.4, 0.5) is 0 Å². The van der Waals surface area contributed by atoms with Crippen molar-refractivity contribution in [3.05, 3.63) is 0 Å². The Balaban J connectivity index is 2.72. The van der Waals surface area contributed by atoms with Gasteiger partial charge in [-0.15, -0.1) is 0 Å². The first kappa shape index (κ1) is 12.9. The predicted molar refractivity (Wildman–Crippen MR) is 64.0 cm³/mol. The molecule has 1 atom stereocenters. The molecule has 0 radical (unpaired) electrons. The molecule has 0 aromatic rings. The van der Waals surface area contributed by atoms with Crippen LogP contribution in [-0.2, 0) is 0 Å². The molecule has 1 heterocycles. The molecule has 15 heavy (non-hydrogen) atoms. The number of hydrogen-bond acceptors (Lipinski definition) is 3. The molecule has 1 unspecified atom stereocenters. The SMILES string of the molecule is CCCN1CC(C)(C)CN(C)CC1CO. The lowest BCUT2D eigenvalue weighted by atomic mass is 9.92. The quantitative estimate of drug-likeness (QED) is 0.760. The maximum Gasteiger partial charge on any atom is 0.0599 e. The molecular weight excluding hydrogens is 188 g/mol. The van der Waals surface area contributed by atoms with Crippen LogP contribution in [0.1, 0.15) is 27.2 Å². The second kappa shape index (κ2) is 5.28. The van der Waals surface area contributed by atoms with Gasteiger partial charge in [0.2, 0.25) is 0 Å². The Labute approximate surface area is 94.1 Å². The molecule has 0 saturated carbocycles. The fourth-order valence-electron chi connectivity index (χ4n) is 2.72. The van der Waals surface area contributed by atoms with Crippen LogP contribution >= 0.6 is 0 Å². The van der Waals surface area contributed by atoms with E-state index in [0.29, 0.717) is 11.5 Å². The predicted octanol–water partition coefficient (Wildman–Crippen LogP) is 1.03. The highest BCUT2D eigenvalue weighted by atomic mass is 16.3. The van der Waals surface area contributed by atoms with Gasteiger partial charge < -0.3 is 10.0 Å². The zero-order valence-corrected chi connectivity index (χ0v) is 10.7. The van der Waals surface area contributed by atoms with Crippen molar-refractivity contribution in [1.29, 1.82) is 0 Å². The Bertz CT molecular complexity index is 194. The first-order valence-corrected chi connectivity index (χ1v) is 6.02. The number of likely N-dealkylation sites (N-methyl/N-ethyl adjacent to an activating group) is 1. The summed E-state index contributed by atoms with van der Waals surface area (Å²) in [6.45, 7) is 11.4. The van der Waals surface area contributed by atoms with Crippen molar-refractivity contribution in [3.8, 4) is 0 Å². The average Bonchev–Trinajstić information content (AvgIpc) is 2.21. The van der Waals surface area contributed by atoms with Crippen molar-refractivity contribution in [2.24, 2.45) is 5.41 Å². The summed E-state index contributed by atoms with van der Waals surface area (Å²) in [7, 11) is 2.15. The minimum Gasteiger partial charge on any atom is -0.395 e. The van der Waals surface area contributed by atoms with Gasteiger partial charge in [0.15, 0.2) is 0 Å². The van der Waals surface area contributed by atoms with Crippen molar-refractivity contribution in [3.63, 3.8) is 0 Å². The Kier molecular flexibility index (Phi) is 4.56. The summed E-state index contributed by atoms with van der Waals surface area (Å²) in [5.74, 6) is 0. The van der Waals surface area contributed by atoms with Crippen LogP contribution in [-0.4, -0.2) is 60.8 Å². The molecule has 0 aliphatic carbocycles. The Morgan fingerprint density at radius 3 is 2.53 bits per heavy atom. The van der Waals surface area contributed by atoms with E-state index in [1.54, 1.807) is 0 Å². The van der Waals surface area contributed by atoms with Gasteiger partial charge in [-0.05, 0) is 25.4 Å². The number of aliphatic hydroxyl groups is 1. The molecule has 0 amide bonds. The van der Waals surface area contributed by atoms with E-state index < -0.39 is 0 Å². The van der Waals surface area contributed by atoms with Gasteiger partial charge >= 0.3 is 0 Å². The molecule has 3 heteroatoms. The van der Waals surface area contributed by atoms with Gasteiger partial charge in [-0.2, -0.15) is 0 Å². The fraction of sp³-hybridized carbons (Fsp3) is 1.00. The minimum atomic E-state index is 0.278. The van der Waals surface area contributed by atoms with Gasteiger partial charge in [-0.1, -0.05) is 20.8 Å². The summed E-state index contributed by atoms with van der Waals surface area (Å²) in [4.78, 5) is 4.79. The second-order valence-electron chi connectivity index (χ2n) is 5.67. The van der Waals surface area contributed by atoms with E-state index >= 15 is 0 Å². The molecule has 1 fully saturated rings. The Hall–Kier alpha value is -0.120. The highest BCUT2D eigenvalue weighted by Crippen LogP contribution is 2.23. The van der Waals surface area contributed by atoms with E-state index in [1.807, 2.05) is 0 Å². The van der Waals surface area contributed by atoms with Gasteiger partial charge in [0, 0.05) is 25.7 Å². The number of rotatable bonds is 3. The van der Waals surface area contributed by atoms with Gasteiger partial charge in [0.25, 0.3) is 0 Å². The molecule has 0 aromatic carbocycles. The lowest BCUT2D eigenvalue weighted by Crippen LogP contribution is -2.44. The number of nitrogens with zero attached hydrogens (tertiary/aromatic N) is 2.